The van der Waals surface area contributed by atoms with Gasteiger partial charge in [0, 0.05) is 5.92 Å². The zero-order valence-corrected chi connectivity index (χ0v) is 11.6. The van der Waals surface area contributed by atoms with E-state index < -0.39 is 0 Å². The summed E-state index contributed by atoms with van der Waals surface area (Å²) in [5.74, 6) is 0.545. The lowest BCUT2D eigenvalue weighted by Crippen LogP contribution is -2.31. The van der Waals surface area contributed by atoms with Crippen molar-refractivity contribution in [3.8, 4) is 0 Å². The number of ether oxygens (including phenoxy) is 1. The van der Waals surface area contributed by atoms with Gasteiger partial charge in [-0.1, -0.05) is 11.6 Å². The molecule has 0 aromatic rings. The second-order valence-electron chi connectivity index (χ2n) is 6.37. The molecule has 2 atom stereocenters. The number of alkyl halides is 1. The average molecular weight is 243 g/mol. The van der Waals surface area contributed by atoms with E-state index in [1.807, 2.05) is 0 Å². The summed E-state index contributed by atoms with van der Waals surface area (Å²) in [4.78, 5) is 0. The highest BCUT2D eigenvalue weighted by atomic mass is 35.5. The quantitative estimate of drug-likeness (QED) is 0.492. The molecule has 1 saturated heterocycles. The van der Waals surface area contributed by atoms with Crippen LogP contribution in [-0.4, -0.2) is 16.6 Å². The topological polar surface area (TPSA) is 9.23 Å². The van der Waals surface area contributed by atoms with Crippen LogP contribution in [0.2, 0.25) is 0 Å². The fraction of sp³-hybridized carbons (Fsp3) is 0.857. The van der Waals surface area contributed by atoms with E-state index in [0.29, 0.717) is 5.92 Å². The summed E-state index contributed by atoms with van der Waals surface area (Å²) in [6.07, 6.45) is 6.96. The monoisotopic (exact) mass is 242 g/mol. The number of hydrogen-bond donors (Lipinski definition) is 0. The van der Waals surface area contributed by atoms with Crippen molar-refractivity contribution in [1.29, 1.82) is 0 Å². The summed E-state index contributed by atoms with van der Waals surface area (Å²) in [6.45, 7) is 8.81. The molecule has 0 N–H and O–H groups in total. The predicted molar refractivity (Wildman–Crippen MR) is 68.9 cm³/mol. The smallest absolute Gasteiger partial charge is 0.0699 e. The number of halogens is 1. The molecule has 0 aromatic heterocycles. The number of rotatable bonds is 1. The Morgan fingerprint density at radius 1 is 1.31 bits per heavy atom. The molecule has 1 aliphatic carbocycles. The van der Waals surface area contributed by atoms with Crippen LogP contribution in [0.4, 0.5) is 0 Å². The van der Waals surface area contributed by atoms with Gasteiger partial charge in [0.25, 0.3) is 0 Å². The molecule has 16 heavy (non-hydrogen) atoms. The average Bonchev–Trinajstić information content (AvgIpc) is 2.34. The van der Waals surface area contributed by atoms with Crippen LogP contribution in [0.3, 0.4) is 0 Å². The summed E-state index contributed by atoms with van der Waals surface area (Å²) in [5.41, 5.74) is 1.50. The zero-order chi connectivity index (χ0) is 12.0. The van der Waals surface area contributed by atoms with Crippen molar-refractivity contribution < 1.29 is 4.74 Å². The van der Waals surface area contributed by atoms with E-state index in [1.54, 1.807) is 0 Å². The molecular formula is C14H23ClO. The third-order valence-corrected chi connectivity index (χ3v) is 4.21. The molecule has 2 aliphatic rings. The lowest BCUT2D eigenvalue weighted by Gasteiger charge is -2.31. The molecule has 1 heterocycles. The molecule has 2 heteroatoms. The SMILES string of the molecule is CC1(C)CC(C2=CC(Cl)CCC2)C(C)(C)O1. The van der Waals surface area contributed by atoms with Crippen molar-refractivity contribution in [3.63, 3.8) is 0 Å². The van der Waals surface area contributed by atoms with Gasteiger partial charge in [-0.25, -0.2) is 0 Å². The van der Waals surface area contributed by atoms with Crippen molar-refractivity contribution >= 4 is 11.6 Å². The Labute approximate surface area is 104 Å². The molecule has 2 rings (SSSR count). The van der Waals surface area contributed by atoms with Crippen LogP contribution in [-0.2, 0) is 4.74 Å². The Hall–Kier alpha value is -0.0100. The highest BCUT2D eigenvalue weighted by molar-refractivity contribution is 6.21. The van der Waals surface area contributed by atoms with Gasteiger partial charge < -0.3 is 4.74 Å². The Kier molecular flexibility index (Phi) is 3.13. The van der Waals surface area contributed by atoms with Crippen molar-refractivity contribution in [1.82, 2.24) is 0 Å². The van der Waals surface area contributed by atoms with Crippen molar-refractivity contribution in [2.45, 2.75) is 70.0 Å². The predicted octanol–water partition coefficient (Wildman–Crippen LogP) is 4.30. The van der Waals surface area contributed by atoms with Crippen molar-refractivity contribution in [2.75, 3.05) is 0 Å². The maximum Gasteiger partial charge on any atom is 0.0699 e. The minimum atomic E-state index is -0.0384. The molecule has 0 aromatic carbocycles. The molecule has 0 spiro atoms. The molecule has 92 valence electrons. The highest BCUT2D eigenvalue weighted by Crippen LogP contribution is 2.47. The minimum absolute atomic E-state index is 0.00820. The third kappa shape index (κ3) is 2.46. The van der Waals surface area contributed by atoms with E-state index in [-0.39, 0.29) is 16.6 Å². The fourth-order valence-corrected chi connectivity index (χ4v) is 3.65. The minimum Gasteiger partial charge on any atom is -0.369 e. The van der Waals surface area contributed by atoms with E-state index in [2.05, 4.69) is 33.8 Å². The van der Waals surface area contributed by atoms with Crippen LogP contribution in [0, 0.1) is 5.92 Å². The van der Waals surface area contributed by atoms with Crippen molar-refractivity contribution in [3.05, 3.63) is 11.6 Å². The van der Waals surface area contributed by atoms with Gasteiger partial charge in [-0.2, -0.15) is 0 Å². The van der Waals surface area contributed by atoms with Crippen LogP contribution >= 0.6 is 11.6 Å². The molecular weight excluding hydrogens is 220 g/mol. The largest absolute Gasteiger partial charge is 0.369 e. The number of hydrogen-bond acceptors (Lipinski definition) is 1. The van der Waals surface area contributed by atoms with Gasteiger partial charge in [-0.05, 0) is 53.4 Å². The van der Waals surface area contributed by atoms with Crippen LogP contribution < -0.4 is 0 Å². The summed E-state index contributed by atoms with van der Waals surface area (Å²) >= 11 is 6.24. The first-order valence-electron chi connectivity index (χ1n) is 6.35. The third-order valence-electron chi connectivity index (χ3n) is 3.86. The molecule has 1 nitrogen and oxygen atoms in total. The maximum atomic E-state index is 6.24. The molecule has 2 unspecified atom stereocenters. The Morgan fingerprint density at radius 2 is 2.00 bits per heavy atom. The second-order valence-corrected chi connectivity index (χ2v) is 6.93. The van der Waals surface area contributed by atoms with E-state index in [1.165, 1.54) is 18.4 Å². The molecule has 0 radical (unpaired) electrons. The van der Waals surface area contributed by atoms with Gasteiger partial charge >= 0.3 is 0 Å². The van der Waals surface area contributed by atoms with Crippen LogP contribution in [0.5, 0.6) is 0 Å². The zero-order valence-electron chi connectivity index (χ0n) is 10.8. The Balaban J connectivity index is 2.21. The van der Waals surface area contributed by atoms with Crippen LogP contribution in [0.25, 0.3) is 0 Å². The summed E-state index contributed by atoms with van der Waals surface area (Å²) in [7, 11) is 0. The lowest BCUT2D eigenvalue weighted by molar-refractivity contribution is -0.0717. The van der Waals surface area contributed by atoms with Gasteiger partial charge in [0.05, 0.1) is 16.6 Å². The van der Waals surface area contributed by atoms with E-state index in [9.17, 15) is 0 Å². The summed E-state index contributed by atoms with van der Waals surface area (Å²) in [5, 5.41) is 0.239. The van der Waals surface area contributed by atoms with Crippen LogP contribution in [0.1, 0.15) is 53.4 Å². The summed E-state index contributed by atoms with van der Waals surface area (Å²) in [6, 6.07) is 0. The molecule has 0 saturated carbocycles. The number of allylic oxidation sites excluding steroid dienone is 1. The van der Waals surface area contributed by atoms with Gasteiger partial charge in [0.2, 0.25) is 0 Å². The first-order valence-corrected chi connectivity index (χ1v) is 6.79. The van der Waals surface area contributed by atoms with E-state index in [4.69, 9.17) is 16.3 Å². The van der Waals surface area contributed by atoms with E-state index in [0.717, 1.165) is 12.8 Å². The second kappa shape index (κ2) is 4.03. The maximum absolute atomic E-state index is 6.24. The lowest BCUT2D eigenvalue weighted by atomic mass is 9.77. The molecule has 0 bridgehead atoms. The van der Waals surface area contributed by atoms with Crippen LogP contribution in [0.15, 0.2) is 11.6 Å². The van der Waals surface area contributed by atoms with E-state index >= 15 is 0 Å². The summed E-state index contributed by atoms with van der Waals surface area (Å²) < 4.78 is 6.15. The van der Waals surface area contributed by atoms with Gasteiger partial charge in [0.1, 0.15) is 0 Å². The Morgan fingerprint density at radius 3 is 2.50 bits per heavy atom. The molecule has 1 aliphatic heterocycles. The van der Waals surface area contributed by atoms with Crippen molar-refractivity contribution in [2.24, 2.45) is 5.92 Å². The first kappa shape index (κ1) is 12.4. The molecule has 0 amide bonds. The normalized spacial score (nSPS) is 37.2. The van der Waals surface area contributed by atoms with Gasteiger partial charge in [-0.3, -0.25) is 0 Å². The van der Waals surface area contributed by atoms with Gasteiger partial charge in [0.15, 0.2) is 0 Å². The standard InChI is InChI=1S/C14H23ClO/c1-13(2)9-12(14(3,4)16-13)10-6-5-7-11(15)8-10/h8,11-12H,5-7,9H2,1-4H3. The first-order chi connectivity index (χ1) is 7.30. The Bertz CT molecular complexity index is 304. The highest BCUT2D eigenvalue weighted by Gasteiger charge is 2.47. The molecule has 1 fully saturated rings. The fourth-order valence-electron chi connectivity index (χ4n) is 3.33. The van der Waals surface area contributed by atoms with Gasteiger partial charge in [-0.15, -0.1) is 11.6 Å².